The summed E-state index contributed by atoms with van der Waals surface area (Å²) in [6.45, 7) is 3.87. The average molecular weight is 324 g/mol. The largest absolute Gasteiger partial charge is 0.396 e. The Kier molecular flexibility index (Phi) is 7.15. The molecule has 0 aliphatic carbocycles. The van der Waals surface area contributed by atoms with E-state index in [1.54, 1.807) is 0 Å². The van der Waals surface area contributed by atoms with Gasteiger partial charge in [0.05, 0.1) is 8.67 Å². The fraction of sp³-hybridized carbons (Fsp3) is 0.615. The molecule has 0 radical (unpaired) electrons. The molecule has 0 saturated carbocycles. The second-order valence-corrected chi connectivity index (χ2v) is 7.00. The van der Waals surface area contributed by atoms with E-state index in [0.717, 1.165) is 18.4 Å². The fourth-order valence-corrected chi connectivity index (χ4v) is 3.16. The van der Waals surface area contributed by atoms with Crippen LogP contribution in [0.2, 0.25) is 8.67 Å². The summed E-state index contributed by atoms with van der Waals surface area (Å²) in [6, 6.07) is 1.83. The van der Waals surface area contributed by atoms with Crippen molar-refractivity contribution < 1.29 is 9.90 Å². The number of aliphatic hydroxyl groups excluding tert-OH is 1. The second-order valence-electron chi connectivity index (χ2n) is 4.72. The van der Waals surface area contributed by atoms with Crippen molar-refractivity contribution >= 4 is 40.4 Å². The van der Waals surface area contributed by atoms with E-state index in [2.05, 4.69) is 5.32 Å². The molecule has 0 aliphatic rings. The van der Waals surface area contributed by atoms with E-state index in [0.29, 0.717) is 15.1 Å². The molecule has 1 aromatic heterocycles. The molecule has 1 heterocycles. The number of halogens is 2. The number of carbonyl (C=O) groups excluding carboxylic acids is 1. The van der Waals surface area contributed by atoms with Crippen molar-refractivity contribution in [1.82, 2.24) is 5.32 Å². The van der Waals surface area contributed by atoms with Gasteiger partial charge in [-0.3, -0.25) is 4.79 Å². The molecule has 0 saturated heterocycles. The van der Waals surface area contributed by atoms with E-state index in [1.165, 1.54) is 11.3 Å². The third-order valence-corrected chi connectivity index (χ3v) is 4.68. The molecule has 1 aromatic rings. The van der Waals surface area contributed by atoms with Gasteiger partial charge >= 0.3 is 0 Å². The number of rotatable bonds is 7. The molecule has 0 bridgehead atoms. The standard InChI is InChI=1S/C13H19Cl2NO2S/c1-8(7-17)9(2)16-12(18)5-3-4-10-6-11(14)19-13(10)15/h6,8-9,17H,3-5,7H2,1-2H3,(H,16,18). The molecule has 2 atom stereocenters. The molecule has 108 valence electrons. The van der Waals surface area contributed by atoms with Gasteiger partial charge in [-0.25, -0.2) is 0 Å². The fourth-order valence-electron chi connectivity index (χ4n) is 1.61. The van der Waals surface area contributed by atoms with Gasteiger partial charge in [-0.15, -0.1) is 11.3 Å². The number of aryl methyl sites for hydroxylation is 1. The molecule has 1 rings (SSSR count). The van der Waals surface area contributed by atoms with Crippen LogP contribution in [0.25, 0.3) is 0 Å². The van der Waals surface area contributed by atoms with Gasteiger partial charge in [0, 0.05) is 19.1 Å². The first-order valence-electron chi connectivity index (χ1n) is 6.28. The lowest BCUT2D eigenvalue weighted by molar-refractivity contribution is -0.122. The molecule has 2 unspecified atom stereocenters. The Bertz CT molecular complexity index is 423. The Morgan fingerprint density at radius 2 is 2.16 bits per heavy atom. The average Bonchev–Trinajstić information content (AvgIpc) is 2.66. The molecule has 0 aliphatic heterocycles. The second kappa shape index (κ2) is 8.10. The van der Waals surface area contributed by atoms with Crippen LogP contribution in [-0.4, -0.2) is 23.7 Å². The number of nitrogens with one attached hydrogen (secondary N) is 1. The summed E-state index contributed by atoms with van der Waals surface area (Å²) in [7, 11) is 0. The maximum atomic E-state index is 11.7. The molecule has 0 fully saturated rings. The van der Waals surface area contributed by atoms with E-state index in [-0.39, 0.29) is 24.5 Å². The van der Waals surface area contributed by atoms with E-state index in [9.17, 15) is 4.79 Å². The highest BCUT2D eigenvalue weighted by Crippen LogP contribution is 2.31. The van der Waals surface area contributed by atoms with Crippen LogP contribution in [0.15, 0.2) is 6.07 Å². The molecule has 2 N–H and O–H groups in total. The number of aliphatic hydroxyl groups is 1. The summed E-state index contributed by atoms with van der Waals surface area (Å²) in [5, 5.41) is 11.9. The highest BCUT2D eigenvalue weighted by molar-refractivity contribution is 7.20. The predicted octanol–water partition coefficient (Wildman–Crippen LogP) is 3.51. The van der Waals surface area contributed by atoms with Gasteiger partial charge in [-0.1, -0.05) is 30.1 Å². The van der Waals surface area contributed by atoms with Crippen LogP contribution >= 0.6 is 34.5 Å². The molecule has 1 amide bonds. The molecular formula is C13H19Cl2NO2S. The number of amides is 1. The van der Waals surface area contributed by atoms with Gasteiger partial charge in [0.25, 0.3) is 0 Å². The number of carbonyl (C=O) groups is 1. The molecule has 3 nitrogen and oxygen atoms in total. The minimum absolute atomic E-state index is 0.00486. The van der Waals surface area contributed by atoms with Crippen LogP contribution < -0.4 is 5.32 Å². The van der Waals surface area contributed by atoms with Gasteiger partial charge in [0.1, 0.15) is 0 Å². The van der Waals surface area contributed by atoms with Crippen molar-refractivity contribution in [2.45, 2.75) is 39.2 Å². The van der Waals surface area contributed by atoms with Gasteiger partial charge in [0.2, 0.25) is 5.91 Å². The van der Waals surface area contributed by atoms with Gasteiger partial charge in [-0.05, 0) is 37.3 Å². The lowest BCUT2D eigenvalue weighted by Crippen LogP contribution is -2.38. The SMILES string of the molecule is CC(CO)C(C)NC(=O)CCCc1cc(Cl)sc1Cl. The Balaban J connectivity index is 2.29. The van der Waals surface area contributed by atoms with Crippen LogP contribution in [0.5, 0.6) is 0 Å². The van der Waals surface area contributed by atoms with Crippen molar-refractivity contribution in [2.75, 3.05) is 6.61 Å². The van der Waals surface area contributed by atoms with E-state index >= 15 is 0 Å². The summed E-state index contributed by atoms with van der Waals surface area (Å²) < 4.78 is 1.38. The van der Waals surface area contributed by atoms with Crippen LogP contribution in [0.4, 0.5) is 0 Å². The summed E-state index contributed by atoms with van der Waals surface area (Å²) >= 11 is 13.2. The van der Waals surface area contributed by atoms with Crippen molar-refractivity contribution in [3.8, 4) is 0 Å². The number of hydrogen-bond acceptors (Lipinski definition) is 3. The topological polar surface area (TPSA) is 49.3 Å². The Hall–Kier alpha value is -0.290. The summed E-state index contributed by atoms with van der Waals surface area (Å²) in [5.74, 6) is 0.0688. The van der Waals surface area contributed by atoms with E-state index < -0.39 is 0 Å². The van der Waals surface area contributed by atoms with Crippen LogP contribution in [0.3, 0.4) is 0 Å². The molecular weight excluding hydrogens is 305 g/mol. The smallest absolute Gasteiger partial charge is 0.220 e. The Morgan fingerprint density at radius 1 is 1.47 bits per heavy atom. The highest BCUT2D eigenvalue weighted by Gasteiger charge is 2.14. The minimum Gasteiger partial charge on any atom is -0.396 e. The normalized spacial score (nSPS) is 14.2. The molecule has 0 aromatic carbocycles. The monoisotopic (exact) mass is 323 g/mol. The van der Waals surface area contributed by atoms with Gasteiger partial charge < -0.3 is 10.4 Å². The summed E-state index contributed by atoms with van der Waals surface area (Å²) in [5.41, 5.74) is 1.00. The van der Waals surface area contributed by atoms with Crippen LogP contribution in [0.1, 0.15) is 32.3 Å². The van der Waals surface area contributed by atoms with Crippen molar-refractivity contribution in [3.05, 3.63) is 20.3 Å². The van der Waals surface area contributed by atoms with Gasteiger partial charge in [-0.2, -0.15) is 0 Å². The van der Waals surface area contributed by atoms with Gasteiger partial charge in [0.15, 0.2) is 0 Å². The molecule has 0 spiro atoms. The first kappa shape index (κ1) is 16.8. The predicted molar refractivity (Wildman–Crippen MR) is 81.1 cm³/mol. The summed E-state index contributed by atoms with van der Waals surface area (Å²) in [4.78, 5) is 11.7. The van der Waals surface area contributed by atoms with Crippen LogP contribution in [-0.2, 0) is 11.2 Å². The lowest BCUT2D eigenvalue weighted by atomic mass is 10.0. The zero-order valence-electron chi connectivity index (χ0n) is 11.1. The van der Waals surface area contributed by atoms with E-state index in [4.69, 9.17) is 28.3 Å². The molecule has 19 heavy (non-hydrogen) atoms. The molecule has 6 heteroatoms. The Morgan fingerprint density at radius 3 is 2.68 bits per heavy atom. The van der Waals surface area contributed by atoms with Crippen molar-refractivity contribution in [1.29, 1.82) is 0 Å². The zero-order chi connectivity index (χ0) is 14.4. The Labute approximate surface area is 127 Å². The third-order valence-electron chi connectivity index (χ3n) is 3.11. The minimum atomic E-state index is -0.0170. The van der Waals surface area contributed by atoms with Crippen molar-refractivity contribution in [3.63, 3.8) is 0 Å². The number of hydrogen-bond donors (Lipinski definition) is 2. The van der Waals surface area contributed by atoms with Crippen LogP contribution in [0, 0.1) is 5.92 Å². The quantitative estimate of drug-likeness (QED) is 0.806. The van der Waals surface area contributed by atoms with Crippen molar-refractivity contribution in [2.24, 2.45) is 5.92 Å². The first-order chi connectivity index (χ1) is 8.93. The summed E-state index contributed by atoms with van der Waals surface area (Å²) in [6.07, 6.45) is 1.94. The first-order valence-corrected chi connectivity index (χ1v) is 7.85. The maximum absolute atomic E-state index is 11.7. The zero-order valence-corrected chi connectivity index (χ0v) is 13.4. The number of thiophene rings is 1. The lowest BCUT2D eigenvalue weighted by Gasteiger charge is -2.19. The highest BCUT2D eigenvalue weighted by atomic mass is 35.5. The third kappa shape index (κ3) is 5.69. The van der Waals surface area contributed by atoms with E-state index in [1.807, 2.05) is 19.9 Å². The maximum Gasteiger partial charge on any atom is 0.220 e.